The molecule has 24 heavy (non-hydrogen) atoms. The number of carbonyl (C=O) groups excluding carboxylic acids is 2. The largest absolute Gasteiger partial charge is 0.375 e. The number of nitrogens with one attached hydrogen (secondary N) is 1. The van der Waals surface area contributed by atoms with Gasteiger partial charge in [0.2, 0.25) is 11.8 Å². The van der Waals surface area contributed by atoms with Crippen LogP contribution < -0.4 is 5.32 Å². The van der Waals surface area contributed by atoms with Gasteiger partial charge in [0.15, 0.2) is 0 Å². The van der Waals surface area contributed by atoms with Crippen molar-refractivity contribution in [1.82, 2.24) is 15.2 Å². The second kappa shape index (κ2) is 7.75. The molecule has 0 unspecified atom stereocenters. The van der Waals surface area contributed by atoms with E-state index in [1.807, 2.05) is 17.0 Å². The van der Waals surface area contributed by atoms with Crippen LogP contribution in [0.25, 0.3) is 0 Å². The number of ether oxygens (including phenoxy) is 1. The van der Waals surface area contributed by atoms with Crippen molar-refractivity contribution in [3.63, 3.8) is 0 Å². The summed E-state index contributed by atoms with van der Waals surface area (Å²) in [4.78, 5) is 30.2. The van der Waals surface area contributed by atoms with Gasteiger partial charge in [0.1, 0.15) is 6.61 Å². The lowest BCUT2D eigenvalue weighted by atomic mass is 9.98. The number of carbonyl (C=O) groups is 2. The Morgan fingerprint density at radius 2 is 2.04 bits per heavy atom. The Morgan fingerprint density at radius 3 is 2.71 bits per heavy atom. The van der Waals surface area contributed by atoms with E-state index in [0.29, 0.717) is 31.2 Å². The van der Waals surface area contributed by atoms with Crippen LogP contribution in [0.1, 0.15) is 24.8 Å². The molecule has 3 rings (SSSR count). The summed E-state index contributed by atoms with van der Waals surface area (Å²) >= 11 is 0. The Balaban J connectivity index is 1.52. The van der Waals surface area contributed by atoms with E-state index in [9.17, 15) is 9.59 Å². The van der Waals surface area contributed by atoms with Crippen molar-refractivity contribution in [2.24, 2.45) is 11.8 Å². The molecule has 2 aliphatic rings. The van der Waals surface area contributed by atoms with Crippen LogP contribution >= 0.6 is 0 Å². The van der Waals surface area contributed by atoms with Gasteiger partial charge < -0.3 is 15.0 Å². The highest BCUT2D eigenvalue weighted by atomic mass is 16.5. The molecule has 6 nitrogen and oxygen atoms in total. The fraction of sp³-hybridized carbons (Fsp3) is 0.611. The Morgan fingerprint density at radius 1 is 1.29 bits per heavy atom. The molecule has 130 valence electrons. The third kappa shape index (κ3) is 4.32. The Labute approximate surface area is 142 Å². The van der Waals surface area contributed by atoms with Gasteiger partial charge in [-0.05, 0) is 42.9 Å². The van der Waals surface area contributed by atoms with Gasteiger partial charge in [-0.15, -0.1) is 0 Å². The summed E-state index contributed by atoms with van der Waals surface area (Å²) in [6, 6.07) is 3.94. The zero-order valence-electron chi connectivity index (χ0n) is 14.1. The molecule has 0 aromatic carbocycles. The Bertz CT molecular complexity index is 574. The molecular formula is C18H25N3O3. The second-order valence-corrected chi connectivity index (χ2v) is 6.76. The molecule has 1 aliphatic carbocycles. The molecule has 1 saturated heterocycles. The fourth-order valence-electron chi connectivity index (χ4n) is 3.49. The molecule has 1 saturated carbocycles. The minimum absolute atomic E-state index is 0.0108. The molecule has 2 amide bonds. The molecule has 1 aromatic rings. The number of aryl methyl sites for hydroxylation is 1. The lowest BCUT2D eigenvalue weighted by Gasteiger charge is -2.19. The minimum Gasteiger partial charge on any atom is -0.375 e. The molecular weight excluding hydrogens is 306 g/mol. The van der Waals surface area contributed by atoms with Gasteiger partial charge in [-0.1, -0.05) is 0 Å². The summed E-state index contributed by atoms with van der Waals surface area (Å²) in [6.45, 7) is 1.45. The number of pyridine rings is 1. The van der Waals surface area contributed by atoms with Crippen LogP contribution in [0, 0.1) is 11.8 Å². The number of nitrogens with zero attached hydrogens (tertiary/aromatic N) is 2. The van der Waals surface area contributed by atoms with Crippen molar-refractivity contribution in [2.45, 2.75) is 31.7 Å². The Hall–Kier alpha value is -1.95. The number of aromatic nitrogens is 1. The molecule has 0 radical (unpaired) electrons. The molecule has 0 bridgehead atoms. The highest BCUT2D eigenvalue weighted by Gasteiger charge is 2.44. The number of hydrogen-bond acceptors (Lipinski definition) is 4. The quantitative estimate of drug-likeness (QED) is 0.809. The minimum atomic E-state index is 0.0108. The first-order chi connectivity index (χ1) is 11.7. The highest BCUT2D eigenvalue weighted by Crippen LogP contribution is 2.41. The van der Waals surface area contributed by atoms with E-state index in [-0.39, 0.29) is 24.5 Å². The standard InChI is InChI=1S/C18H25N3O3/c1-24-12-18(23)21-10-15(14-3-4-14)16(11-21)20-17(22)5-2-13-6-8-19-9-7-13/h6-9,14-16H,2-5,10-12H2,1H3,(H,20,22)/t15-,16+/m1/s1. The van der Waals surface area contributed by atoms with Gasteiger partial charge in [0, 0.05) is 44.9 Å². The molecule has 6 heteroatoms. The van der Waals surface area contributed by atoms with Gasteiger partial charge in [-0.3, -0.25) is 14.6 Å². The van der Waals surface area contributed by atoms with E-state index in [1.54, 1.807) is 12.4 Å². The first-order valence-corrected chi connectivity index (χ1v) is 8.62. The van der Waals surface area contributed by atoms with Crippen molar-refractivity contribution in [2.75, 3.05) is 26.8 Å². The van der Waals surface area contributed by atoms with Crippen molar-refractivity contribution >= 4 is 11.8 Å². The normalized spacial score (nSPS) is 23.3. The summed E-state index contributed by atoms with van der Waals surface area (Å²) in [5.74, 6) is 1.10. The first-order valence-electron chi connectivity index (χ1n) is 8.62. The lowest BCUT2D eigenvalue weighted by Crippen LogP contribution is -2.42. The number of hydrogen-bond donors (Lipinski definition) is 1. The van der Waals surface area contributed by atoms with Gasteiger partial charge in [-0.25, -0.2) is 0 Å². The van der Waals surface area contributed by atoms with E-state index in [4.69, 9.17) is 4.74 Å². The summed E-state index contributed by atoms with van der Waals surface area (Å²) in [5, 5.41) is 3.16. The number of likely N-dealkylation sites (tertiary alicyclic amines) is 1. The van der Waals surface area contributed by atoms with Crippen LogP contribution in [0.5, 0.6) is 0 Å². The molecule has 0 spiro atoms. The average molecular weight is 331 g/mol. The number of methoxy groups -OCH3 is 1. The van der Waals surface area contributed by atoms with Crippen LogP contribution in [0.2, 0.25) is 0 Å². The Kier molecular flexibility index (Phi) is 5.45. The average Bonchev–Trinajstić information content (AvgIpc) is 3.35. The third-order valence-electron chi connectivity index (χ3n) is 4.95. The maximum absolute atomic E-state index is 12.3. The molecule has 1 aliphatic heterocycles. The predicted molar refractivity (Wildman–Crippen MR) is 89.2 cm³/mol. The molecule has 1 N–H and O–H groups in total. The van der Waals surface area contributed by atoms with Crippen LogP contribution in [0.4, 0.5) is 0 Å². The summed E-state index contributed by atoms with van der Waals surface area (Å²) in [6.07, 6.45) is 7.07. The van der Waals surface area contributed by atoms with Gasteiger partial charge >= 0.3 is 0 Å². The van der Waals surface area contributed by atoms with Crippen molar-refractivity contribution in [1.29, 1.82) is 0 Å². The van der Waals surface area contributed by atoms with E-state index < -0.39 is 0 Å². The van der Waals surface area contributed by atoms with Gasteiger partial charge in [0.05, 0.1) is 6.04 Å². The maximum Gasteiger partial charge on any atom is 0.248 e. The topological polar surface area (TPSA) is 71.5 Å². The first kappa shape index (κ1) is 16.9. The highest BCUT2D eigenvalue weighted by molar-refractivity contribution is 5.79. The van der Waals surface area contributed by atoms with Crippen LogP contribution in [0.3, 0.4) is 0 Å². The van der Waals surface area contributed by atoms with E-state index in [2.05, 4.69) is 10.3 Å². The third-order valence-corrected chi connectivity index (χ3v) is 4.95. The van der Waals surface area contributed by atoms with E-state index in [1.165, 1.54) is 20.0 Å². The van der Waals surface area contributed by atoms with Crippen molar-refractivity contribution in [3.8, 4) is 0 Å². The molecule has 1 aromatic heterocycles. The smallest absolute Gasteiger partial charge is 0.248 e. The van der Waals surface area contributed by atoms with E-state index in [0.717, 1.165) is 12.1 Å². The van der Waals surface area contributed by atoms with E-state index >= 15 is 0 Å². The van der Waals surface area contributed by atoms with Crippen LogP contribution in [0.15, 0.2) is 24.5 Å². The second-order valence-electron chi connectivity index (χ2n) is 6.76. The fourth-order valence-corrected chi connectivity index (χ4v) is 3.49. The van der Waals surface area contributed by atoms with Crippen molar-refractivity contribution in [3.05, 3.63) is 30.1 Å². The predicted octanol–water partition coefficient (Wildman–Crippen LogP) is 1.01. The molecule has 2 heterocycles. The zero-order chi connectivity index (χ0) is 16.9. The molecule has 2 fully saturated rings. The monoisotopic (exact) mass is 331 g/mol. The van der Waals surface area contributed by atoms with Crippen LogP contribution in [-0.4, -0.2) is 54.5 Å². The summed E-state index contributed by atoms with van der Waals surface area (Å²) < 4.78 is 4.95. The van der Waals surface area contributed by atoms with Crippen molar-refractivity contribution < 1.29 is 14.3 Å². The molecule has 2 atom stereocenters. The van der Waals surface area contributed by atoms with Gasteiger partial charge in [-0.2, -0.15) is 0 Å². The summed E-state index contributed by atoms with van der Waals surface area (Å²) in [5.41, 5.74) is 1.11. The number of amides is 2. The van der Waals surface area contributed by atoms with Gasteiger partial charge in [0.25, 0.3) is 0 Å². The van der Waals surface area contributed by atoms with Crippen LogP contribution in [-0.2, 0) is 20.7 Å². The zero-order valence-corrected chi connectivity index (χ0v) is 14.1. The SMILES string of the molecule is COCC(=O)N1C[C@H](NC(=O)CCc2ccncc2)[C@@H](C2CC2)C1. The maximum atomic E-state index is 12.3. The number of rotatable bonds is 7. The summed E-state index contributed by atoms with van der Waals surface area (Å²) in [7, 11) is 1.53. The lowest BCUT2D eigenvalue weighted by molar-refractivity contribution is -0.134.